The molecule has 0 spiro atoms. The standard InChI is InChI=1S/C27H17ClF5N3O6/c28-21-22(26(29,30)31)35-36(24(21)40-13-14-4-7-16(8-5-14)25(38)39)18-3-1-2-17(11-18)23(37)34-12-15-6-9-19-20(10-15)42-27(32,33)41-19/h1-11H,12-13H2,(H,34,37)(H,38,39). The molecule has 1 aliphatic heterocycles. The highest BCUT2D eigenvalue weighted by molar-refractivity contribution is 6.32. The maximum atomic E-state index is 13.6. The summed E-state index contributed by atoms with van der Waals surface area (Å²) in [6, 6.07) is 14.9. The lowest BCUT2D eigenvalue weighted by atomic mass is 10.1. The molecule has 1 aliphatic rings. The molecule has 0 radical (unpaired) electrons. The van der Waals surface area contributed by atoms with Crippen molar-refractivity contribution in [2.75, 3.05) is 0 Å². The van der Waals surface area contributed by atoms with Crippen LogP contribution in [-0.4, -0.2) is 33.1 Å². The topological polar surface area (TPSA) is 112 Å². The summed E-state index contributed by atoms with van der Waals surface area (Å²) in [4.78, 5) is 23.9. The van der Waals surface area contributed by atoms with Gasteiger partial charge >= 0.3 is 18.4 Å². The highest BCUT2D eigenvalue weighted by Gasteiger charge is 2.43. The zero-order chi connectivity index (χ0) is 30.2. The fourth-order valence-electron chi connectivity index (χ4n) is 3.93. The molecule has 9 nitrogen and oxygen atoms in total. The first-order valence-electron chi connectivity index (χ1n) is 11.9. The van der Waals surface area contributed by atoms with Crippen LogP contribution >= 0.6 is 11.6 Å². The molecule has 5 rings (SSSR count). The minimum atomic E-state index is -4.92. The van der Waals surface area contributed by atoms with Crippen molar-refractivity contribution in [3.05, 3.63) is 99.7 Å². The molecule has 42 heavy (non-hydrogen) atoms. The second kappa shape index (κ2) is 10.9. The van der Waals surface area contributed by atoms with Crippen molar-refractivity contribution < 1.29 is 50.9 Å². The zero-order valence-electron chi connectivity index (χ0n) is 20.9. The van der Waals surface area contributed by atoms with Crippen LogP contribution in [0.4, 0.5) is 22.0 Å². The Hall–Kier alpha value is -4.85. The Morgan fingerprint density at radius 1 is 0.976 bits per heavy atom. The molecule has 0 aliphatic carbocycles. The van der Waals surface area contributed by atoms with Gasteiger partial charge in [0.25, 0.3) is 5.91 Å². The van der Waals surface area contributed by atoms with Gasteiger partial charge < -0.3 is 24.6 Å². The lowest BCUT2D eigenvalue weighted by Crippen LogP contribution is -2.26. The van der Waals surface area contributed by atoms with E-state index in [0.717, 1.165) is 4.68 Å². The highest BCUT2D eigenvalue weighted by atomic mass is 35.5. The second-order valence-electron chi connectivity index (χ2n) is 8.85. The molecule has 0 bridgehead atoms. The van der Waals surface area contributed by atoms with E-state index in [1.807, 2.05) is 0 Å². The number of rotatable bonds is 8. The van der Waals surface area contributed by atoms with E-state index in [4.69, 9.17) is 21.4 Å². The number of alkyl halides is 5. The number of carboxylic acids is 1. The van der Waals surface area contributed by atoms with Crippen molar-refractivity contribution in [2.45, 2.75) is 25.6 Å². The lowest BCUT2D eigenvalue weighted by molar-refractivity contribution is -0.286. The summed E-state index contributed by atoms with van der Waals surface area (Å²) in [5.41, 5.74) is -0.491. The smallest absolute Gasteiger partial charge is 0.478 e. The molecule has 3 aromatic carbocycles. The first-order chi connectivity index (χ1) is 19.8. The summed E-state index contributed by atoms with van der Waals surface area (Å²) in [7, 11) is 0. The summed E-state index contributed by atoms with van der Waals surface area (Å²) in [6.07, 6.45) is -8.72. The van der Waals surface area contributed by atoms with Gasteiger partial charge in [-0.05, 0) is 53.6 Å². The Morgan fingerprint density at radius 2 is 1.67 bits per heavy atom. The van der Waals surface area contributed by atoms with Crippen molar-refractivity contribution in [3.63, 3.8) is 0 Å². The molecule has 0 fully saturated rings. The first-order valence-corrected chi connectivity index (χ1v) is 12.3. The average Bonchev–Trinajstić information content (AvgIpc) is 3.44. The Kier molecular flexibility index (Phi) is 7.41. The van der Waals surface area contributed by atoms with Gasteiger partial charge in [0.05, 0.1) is 11.3 Å². The average molecular weight is 610 g/mol. The van der Waals surface area contributed by atoms with Crippen molar-refractivity contribution in [2.24, 2.45) is 0 Å². The second-order valence-corrected chi connectivity index (χ2v) is 9.23. The predicted molar refractivity (Wildman–Crippen MR) is 135 cm³/mol. The van der Waals surface area contributed by atoms with Gasteiger partial charge in [-0.15, -0.1) is 8.78 Å². The maximum absolute atomic E-state index is 13.6. The van der Waals surface area contributed by atoms with Crippen LogP contribution in [0.15, 0.2) is 66.7 Å². The monoisotopic (exact) mass is 609 g/mol. The number of hydrogen-bond acceptors (Lipinski definition) is 6. The number of aromatic carboxylic acids is 1. The third-order valence-electron chi connectivity index (χ3n) is 5.90. The molecule has 2 heterocycles. The Balaban J connectivity index is 1.36. The van der Waals surface area contributed by atoms with E-state index in [1.54, 1.807) is 0 Å². The van der Waals surface area contributed by atoms with Crippen LogP contribution in [0.1, 0.15) is 37.5 Å². The molecule has 1 amide bonds. The van der Waals surface area contributed by atoms with Crippen molar-refractivity contribution >= 4 is 23.5 Å². The fraction of sp³-hybridized carbons (Fsp3) is 0.148. The third-order valence-corrected chi connectivity index (χ3v) is 6.25. The summed E-state index contributed by atoms with van der Waals surface area (Å²) in [6.45, 7) is -0.365. The largest absolute Gasteiger partial charge is 0.586 e. The molecule has 2 N–H and O–H groups in total. The summed E-state index contributed by atoms with van der Waals surface area (Å²) < 4.78 is 82.6. The van der Waals surface area contributed by atoms with Crippen LogP contribution in [0, 0.1) is 0 Å². The van der Waals surface area contributed by atoms with Crippen LogP contribution in [0.5, 0.6) is 17.4 Å². The maximum Gasteiger partial charge on any atom is 0.586 e. The highest BCUT2D eigenvalue weighted by Crippen LogP contribution is 2.42. The quantitative estimate of drug-likeness (QED) is 0.233. The number of nitrogens with one attached hydrogen (secondary N) is 1. The van der Waals surface area contributed by atoms with Gasteiger partial charge in [-0.2, -0.15) is 23.0 Å². The SMILES string of the molecule is O=C(O)c1ccc(COc2c(Cl)c(C(F)(F)F)nn2-c2cccc(C(=O)NCc3ccc4c(c3)OC(F)(F)O4)c2)cc1. The third kappa shape index (κ3) is 6.07. The molecule has 218 valence electrons. The van der Waals surface area contributed by atoms with E-state index in [9.17, 15) is 31.5 Å². The molecule has 15 heteroatoms. The van der Waals surface area contributed by atoms with Crippen LogP contribution < -0.4 is 19.5 Å². The molecule has 4 aromatic rings. The van der Waals surface area contributed by atoms with Crippen LogP contribution in [0.3, 0.4) is 0 Å². The number of carboxylic acid groups (broad SMARTS) is 1. The first kappa shape index (κ1) is 28.7. The molecular formula is C27H17ClF5N3O6. The molecule has 0 saturated carbocycles. The number of ether oxygens (including phenoxy) is 3. The minimum absolute atomic E-state index is 0.0105. The van der Waals surface area contributed by atoms with Gasteiger partial charge in [0, 0.05) is 12.1 Å². The summed E-state index contributed by atoms with van der Waals surface area (Å²) >= 11 is 6.02. The van der Waals surface area contributed by atoms with Crippen LogP contribution in [-0.2, 0) is 19.3 Å². The number of aromatic nitrogens is 2. The van der Waals surface area contributed by atoms with E-state index in [-0.39, 0.29) is 41.5 Å². The number of nitrogens with zero attached hydrogens (tertiary/aromatic N) is 2. The van der Waals surface area contributed by atoms with Gasteiger partial charge in [0.1, 0.15) is 11.6 Å². The Morgan fingerprint density at radius 3 is 2.36 bits per heavy atom. The van der Waals surface area contributed by atoms with Crippen LogP contribution in [0.25, 0.3) is 5.69 Å². The van der Waals surface area contributed by atoms with Gasteiger partial charge in [-0.1, -0.05) is 35.9 Å². The summed E-state index contributed by atoms with van der Waals surface area (Å²) in [5.74, 6) is -2.59. The van der Waals surface area contributed by atoms with Gasteiger partial charge in [-0.3, -0.25) is 4.79 Å². The number of carbonyl (C=O) groups is 2. The number of hydrogen-bond donors (Lipinski definition) is 2. The molecule has 0 unspecified atom stereocenters. The lowest BCUT2D eigenvalue weighted by Gasteiger charge is -2.11. The molecular weight excluding hydrogens is 593 g/mol. The van der Waals surface area contributed by atoms with Gasteiger partial charge in [0.2, 0.25) is 5.88 Å². The Bertz CT molecular complexity index is 1670. The fourth-order valence-corrected chi connectivity index (χ4v) is 4.21. The van der Waals surface area contributed by atoms with E-state index < -0.39 is 40.9 Å². The minimum Gasteiger partial charge on any atom is -0.478 e. The van der Waals surface area contributed by atoms with Crippen molar-refractivity contribution in [1.29, 1.82) is 0 Å². The Labute approximate surface area is 238 Å². The van der Waals surface area contributed by atoms with Crippen molar-refractivity contribution in [1.82, 2.24) is 15.1 Å². The van der Waals surface area contributed by atoms with Crippen molar-refractivity contribution in [3.8, 4) is 23.1 Å². The van der Waals surface area contributed by atoms with E-state index in [0.29, 0.717) is 11.1 Å². The zero-order valence-corrected chi connectivity index (χ0v) is 21.7. The number of halogens is 6. The predicted octanol–water partition coefficient (Wildman–Crippen LogP) is 6.07. The van der Waals surface area contributed by atoms with Gasteiger partial charge in [-0.25, -0.2) is 4.79 Å². The van der Waals surface area contributed by atoms with E-state index >= 15 is 0 Å². The van der Waals surface area contributed by atoms with E-state index in [2.05, 4.69) is 19.9 Å². The molecule has 1 aromatic heterocycles. The number of fused-ring (bicyclic) bond motifs is 1. The number of benzene rings is 3. The normalized spacial score (nSPS) is 13.6. The van der Waals surface area contributed by atoms with E-state index in [1.165, 1.54) is 66.7 Å². The van der Waals surface area contributed by atoms with Crippen LogP contribution in [0.2, 0.25) is 5.02 Å². The van der Waals surface area contributed by atoms with Gasteiger partial charge in [0.15, 0.2) is 17.2 Å². The number of carbonyl (C=O) groups excluding carboxylic acids is 1. The molecule has 0 atom stereocenters. The molecule has 0 saturated heterocycles. The summed E-state index contributed by atoms with van der Waals surface area (Å²) in [5, 5.41) is 14.4. The number of amides is 1.